The smallest absolute Gasteiger partial charge is 0.0490 e. The van der Waals surface area contributed by atoms with Gasteiger partial charge >= 0.3 is 0 Å². The monoisotopic (exact) mass is 225 g/mol. The number of hydrogen-bond acceptors (Lipinski definition) is 3. The van der Waals surface area contributed by atoms with E-state index >= 15 is 0 Å². The highest BCUT2D eigenvalue weighted by molar-refractivity contribution is 7.99. The maximum absolute atomic E-state index is 3.95. The molecular formula is C11H19N3S. The Morgan fingerprint density at radius 3 is 3.27 bits per heavy atom. The lowest BCUT2D eigenvalue weighted by Crippen LogP contribution is -2.33. The van der Waals surface area contributed by atoms with E-state index in [0.717, 1.165) is 11.8 Å². The van der Waals surface area contributed by atoms with Crippen molar-refractivity contribution in [3.05, 3.63) is 18.0 Å². The molecule has 0 saturated heterocycles. The van der Waals surface area contributed by atoms with Crippen molar-refractivity contribution in [3.8, 4) is 0 Å². The molecule has 2 N–H and O–H groups in total. The lowest BCUT2D eigenvalue weighted by Gasteiger charge is -2.19. The van der Waals surface area contributed by atoms with Crippen molar-refractivity contribution in [2.45, 2.75) is 44.0 Å². The van der Waals surface area contributed by atoms with Gasteiger partial charge in [-0.05, 0) is 24.7 Å². The van der Waals surface area contributed by atoms with Crippen LogP contribution in [0.25, 0.3) is 0 Å². The van der Waals surface area contributed by atoms with Crippen LogP contribution in [0.4, 0.5) is 0 Å². The van der Waals surface area contributed by atoms with Crippen LogP contribution in [0.5, 0.6) is 0 Å². The molecule has 4 heteroatoms. The molecule has 1 aliphatic rings. The van der Waals surface area contributed by atoms with Crippen LogP contribution in [0.2, 0.25) is 0 Å². The summed E-state index contributed by atoms with van der Waals surface area (Å²) in [4.78, 5) is 0. The van der Waals surface area contributed by atoms with Gasteiger partial charge in [-0.3, -0.25) is 5.10 Å². The molecule has 15 heavy (non-hydrogen) atoms. The van der Waals surface area contributed by atoms with Gasteiger partial charge in [0.2, 0.25) is 0 Å². The van der Waals surface area contributed by atoms with Crippen LogP contribution in [0, 0.1) is 0 Å². The summed E-state index contributed by atoms with van der Waals surface area (Å²) >= 11 is 2.10. The first-order valence-electron chi connectivity index (χ1n) is 5.73. The van der Waals surface area contributed by atoms with Crippen molar-refractivity contribution in [1.29, 1.82) is 0 Å². The molecule has 2 unspecified atom stereocenters. The molecule has 1 saturated carbocycles. The minimum Gasteiger partial charge on any atom is -0.307 e. The third kappa shape index (κ3) is 2.98. The first-order chi connectivity index (χ1) is 7.40. The summed E-state index contributed by atoms with van der Waals surface area (Å²) in [6.45, 7) is 3.17. The molecule has 0 amide bonds. The van der Waals surface area contributed by atoms with E-state index in [0.29, 0.717) is 6.04 Å². The molecule has 1 heterocycles. The fourth-order valence-corrected chi connectivity index (χ4v) is 3.42. The summed E-state index contributed by atoms with van der Waals surface area (Å²) < 4.78 is 0. The van der Waals surface area contributed by atoms with Crippen LogP contribution in [0.15, 0.2) is 12.3 Å². The molecule has 1 aromatic heterocycles. The van der Waals surface area contributed by atoms with Gasteiger partial charge < -0.3 is 5.32 Å². The SMILES string of the molecule is CCSC1CCCC1NCc1ccn[nH]1. The Bertz CT molecular complexity index is 273. The summed E-state index contributed by atoms with van der Waals surface area (Å²) in [6.07, 6.45) is 5.88. The average molecular weight is 225 g/mol. The minimum atomic E-state index is 0.693. The molecule has 0 spiro atoms. The van der Waals surface area contributed by atoms with Crippen LogP contribution in [-0.4, -0.2) is 27.2 Å². The largest absolute Gasteiger partial charge is 0.307 e. The third-order valence-electron chi connectivity index (χ3n) is 2.95. The van der Waals surface area contributed by atoms with Crippen molar-refractivity contribution in [2.24, 2.45) is 0 Å². The van der Waals surface area contributed by atoms with Gasteiger partial charge in [-0.25, -0.2) is 0 Å². The maximum atomic E-state index is 3.95. The number of nitrogens with one attached hydrogen (secondary N) is 2. The Labute approximate surface area is 95.4 Å². The number of aromatic nitrogens is 2. The van der Waals surface area contributed by atoms with E-state index in [-0.39, 0.29) is 0 Å². The number of nitrogens with zero attached hydrogens (tertiary/aromatic N) is 1. The molecule has 2 rings (SSSR count). The maximum Gasteiger partial charge on any atom is 0.0490 e. The first kappa shape index (κ1) is 11.0. The highest BCUT2D eigenvalue weighted by atomic mass is 32.2. The topological polar surface area (TPSA) is 40.7 Å². The second-order valence-electron chi connectivity index (χ2n) is 3.99. The number of aromatic amines is 1. The number of rotatable bonds is 5. The van der Waals surface area contributed by atoms with Gasteiger partial charge in [0.25, 0.3) is 0 Å². The molecule has 84 valence electrons. The Balaban J connectivity index is 1.78. The molecule has 0 bridgehead atoms. The summed E-state index contributed by atoms with van der Waals surface area (Å²) in [5, 5.41) is 11.4. The average Bonchev–Trinajstić information content (AvgIpc) is 2.85. The van der Waals surface area contributed by atoms with Crippen molar-refractivity contribution in [1.82, 2.24) is 15.5 Å². The van der Waals surface area contributed by atoms with Gasteiger partial charge in [0, 0.05) is 29.7 Å². The lowest BCUT2D eigenvalue weighted by atomic mass is 10.2. The predicted molar refractivity (Wildman–Crippen MR) is 65.0 cm³/mol. The zero-order valence-electron chi connectivity index (χ0n) is 9.20. The second-order valence-corrected chi connectivity index (χ2v) is 5.51. The normalized spacial score (nSPS) is 25.9. The quantitative estimate of drug-likeness (QED) is 0.807. The summed E-state index contributed by atoms with van der Waals surface area (Å²) in [6, 6.07) is 2.72. The number of hydrogen-bond donors (Lipinski definition) is 2. The van der Waals surface area contributed by atoms with E-state index in [2.05, 4.69) is 34.2 Å². The van der Waals surface area contributed by atoms with Gasteiger partial charge in [-0.2, -0.15) is 16.9 Å². The van der Waals surface area contributed by atoms with Crippen LogP contribution >= 0.6 is 11.8 Å². The second kappa shape index (κ2) is 5.56. The number of H-pyrrole nitrogens is 1. The summed E-state index contributed by atoms with van der Waals surface area (Å²) in [5.74, 6) is 1.23. The molecule has 1 fully saturated rings. The van der Waals surface area contributed by atoms with E-state index in [1.54, 1.807) is 0 Å². The highest BCUT2D eigenvalue weighted by Crippen LogP contribution is 2.29. The van der Waals surface area contributed by atoms with Gasteiger partial charge in [-0.15, -0.1) is 0 Å². The van der Waals surface area contributed by atoms with Crippen LogP contribution in [0.3, 0.4) is 0 Å². The van der Waals surface area contributed by atoms with E-state index in [1.165, 1.54) is 30.7 Å². The van der Waals surface area contributed by atoms with Crippen LogP contribution < -0.4 is 5.32 Å². The van der Waals surface area contributed by atoms with Crippen LogP contribution in [-0.2, 0) is 6.54 Å². The molecular weight excluding hydrogens is 206 g/mol. The van der Waals surface area contributed by atoms with Crippen molar-refractivity contribution in [3.63, 3.8) is 0 Å². The van der Waals surface area contributed by atoms with Gasteiger partial charge in [0.05, 0.1) is 0 Å². The Kier molecular flexibility index (Phi) is 4.09. The number of thioether (sulfide) groups is 1. The van der Waals surface area contributed by atoms with Crippen molar-refractivity contribution in [2.75, 3.05) is 5.75 Å². The summed E-state index contributed by atoms with van der Waals surface area (Å²) in [5.41, 5.74) is 1.18. The van der Waals surface area contributed by atoms with Crippen LogP contribution in [0.1, 0.15) is 31.9 Å². The van der Waals surface area contributed by atoms with Gasteiger partial charge in [0.1, 0.15) is 0 Å². The zero-order chi connectivity index (χ0) is 10.5. The fraction of sp³-hybridized carbons (Fsp3) is 0.727. The first-order valence-corrected chi connectivity index (χ1v) is 6.78. The Morgan fingerprint density at radius 1 is 1.60 bits per heavy atom. The van der Waals surface area contributed by atoms with Crippen molar-refractivity contribution < 1.29 is 0 Å². The Morgan fingerprint density at radius 2 is 2.53 bits per heavy atom. The Hall–Kier alpha value is -0.480. The van der Waals surface area contributed by atoms with Crippen molar-refractivity contribution >= 4 is 11.8 Å². The zero-order valence-corrected chi connectivity index (χ0v) is 10.0. The van der Waals surface area contributed by atoms with E-state index in [4.69, 9.17) is 0 Å². The van der Waals surface area contributed by atoms with Gasteiger partial charge in [0.15, 0.2) is 0 Å². The molecule has 0 radical (unpaired) electrons. The summed E-state index contributed by atoms with van der Waals surface area (Å²) in [7, 11) is 0. The fourth-order valence-electron chi connectivity index (χ4n) is 2.20. The van der Waals surface area contributed by atoms with Gasteiger partial charge in [-0.1, -0.05) is 13.3 Å². The molecule has 3 nitrogen and oxygen atoms in total. The molecule has 1 aliphatic carbocycles. The standard InChI is InChI=1S/C11H19N3S/c1-2-15-11-5-3-4-10(11)12-8-9-6-7-13-14-9/h6-7,10-12H,2-5,8H2,1H3,(H,13,14). The lowest BCUT2D eigenvalue weighted by molar-refractivity contribution is 0.526. The van der Waals surface area contributed by atoms with E-state index < -0.39 is 0 Å². The molecule has 2 atom stereocenters. The minimum absolute atomic E-state index is 0.693. The van der Waals surface area contributed by atoms with E-state index in [9.17, 15) is 0 Å². The highest BCUT2D eigenvalue weighted by Gasteiger charge is 2.26. The molecule has 0 aromatic carbocycles. The van der Waals surface area contributed by atoms with E-state index in [1.807, 2.05) is 12.3 Å². The molecule has 0 aliphatic heterocycles. The predicted octanol–water partition coefficient (Wildman–Crippen LogP) is 2.17. The third-order valence-corrected chi connectivity index (χ3v) is 4.27. The molecule has 1 aromatic rings.